The molecule has 1 aliphatic rings. The Morgan fingerprint density at radius 3 is 2.33 bits per heavy atom. The smallest absolute Gasteiger partial charge is 0.328 e. The van der Waals surface area contributed by atoms with E-state index in [1.165, 1.54) is 0 Å². The van der Waals surface area contributed by atoms with Crippen LogP contribution in [0.1, 0.15) is 38.5 Å². The molecule has 0 heterocycles. The van der Waals surface area contributed by atoms with Gasteiger partial charge in [-0.1, -0.05) is 19.3 Å². The predicted molar refractivity (Wildman–Crippen MR) is 65.8 cm³/mol. The fourth-order valence-electron chi connectivity index (χ4n) is 2.53. The summed E-state index contributed by atoms with van der Waals surface area (Å²) in [7, 11) is 0. The van der Waals surface area contributed by atoms with Crippen LogP contribution in [0, 0.1) is 5.41 Å². The topological polar surface area (TPSA) is 113 Å². The van der Waals surface area contributed by atoms with Crippen molar-refractivity contribution in [3.05, 3.63) is 0 Å². The van der Waals surface area contributed by atoms with Crippen LogP contribution in [-0.2, 0) is 9.59 Å². The number of aliphatic hydroxyl groups excluding tert-OH is 1. The molecule has 18 heavy (non-hydrogen) atoms. The van der Waals surface area contributed by atoms with Crippen molar-refractivity contribution in [3.63, 3.8) is 0 Å². The number of carboxylic acids is 1. The zero-order chi connectivity index (χ0) is 13.6. The van der Waals surface area contributed by atoms with E-state index in [9.17, 15) is 9.59 Å². The van der Waals surface area contributed by atoms with Crippen molar-refractivity contribution < 1.29 is 19.8 Å². The highest BCUT2D eigenvalue weighted by Crippen LogP contribution is 2.38. The molecule has 1 saturated carbocycles. The summed E-state index contributed by atoms with van der Waals surface area (Å²) in [5.41, 5.74) is 5.57. The molecular formula is C12H22N2O4. The Morgan fingerprint density at radius 1 is 1.28 bits per heavy atom. The molecule has 0 spiro atoms. The standard InChI is InChI=1S/C12H22N2O4/c13-8-12(4-2-1-3-5-12)6-10(16)14-9(7-15)11(17)18/h9,15H,1-8,13H2,(H,14,16)(H,17,18)/t9-/m0/s1. The maximum atomic E-state index is 11.8. The number of carboxylic acid groups (broad SMARTS) is 1. The van der Waals surface area contributed by atoms with Crippen LogP contribution < -0.4 is 11.1 Å². The summed E-state index contributed by atoms with van der Waals surface area (Å²) < 4.78 is 0. The first-order chi connectivity index (χ1) is 8.53. The van der Waals surface area contributed by atoms with Crippen molar-refractivity contribution in [2.75, 3.05) is 13.2 Å². The van der Waals surface area contributed by atoms with E-state index in [-0.39, 0.29) is 17.7 Å². The van der Waals surface area contributed by atoms with Crippen molar-refractivity contribution in [1.29, 1.82) is 0 Å². The number of nitrogens with two attached hydrogens (primary N) is 1. The molecule has 0 saturated heterocycles. The van der Waals surface area contributed by atoms with Crippen LogP contribution in [-0.4, -0.2) is 41.3 Å². The summed E-state index contributed by atoms with van der Waals surface area (Å²) >= 11 is 0. The average molecular weight is 258 g/mol. The first kappa shape index (κ1) is 14.9. The summed E-state index contributed by atoms with van der Waals surface area (Å²) in [6, 6.07) is -1.23. The second-order valence-electron chi connectivity index (χ2n) is 5.08. The van der Waals surface area contributed by atoms with Gasteiger partial charge >= 0.3 is 5.97 Å². The number of carbonyl (C=O) groups is 2. The zero-order valence-electron chi connectivity index (χ0n) is 10.5. The maximum Gasteiger partial charge on any atom is 0.328 e. The molecule has 5 N–H and O–H groups in total. The number of aliphatic carboxylic acids is 1. The van der Waals surface area contributed by atoms with E-state index >= 15 is 0 Å². The van der Waals surface area contributed by atoms with E-state index in [0.29, 0.717) is 6.54 Å². The molecule has 1 rings (SSSR count). The minimum atomic E-state index is -1.23. The number of hydrogen-bond donors (Lipinski definition) is 4. The summed E-state index contributed by atoms with van der Waals surface area (Å²) in [5.74, 6) is -1.57. The van der Waals surface area contributed by atoms with E-state index in [4.69, 9.17) is 15.9 Å². The fourth-order valence-corrected chi connectivity index (χ4v) is 2.53. The van der Waals surface area contributed by atoms with Crippen molar-refractivity contribution >= 4 is 11.9 Å². The SMILES string of the molecule is NCC1(CC(=O)N[C@@H](CO)C(=O)O)CCCCC1. The van der Waals surface area contributed by atoms with Gasteiger partial charge in [0.2, 0.25) is 5.91 Å². The highest BCUT2D eigenvalue weighted by molar-refractivity contribution is 5.84. The third-order valence-corrected chi connectivity index (χ3v) is 3.70. The van der Waals surface area contributed by atoms with Crippen LogP contribution in [0.25, 0.3) is 0 Å². The van der Waals surface area contributed by atoms with Gasteiger partial charge in [0, 0.05) is 6.42 Å². The lowest BCUT2D eigenvalue weighted by atomic mass is 9.71. The number of hydrogen-bond acceptors (Lipinski definition) is 4. The van der Waals surface area contributed by atoms with Gasteiger partial charge in [-0.05, 0) is 24.8 Å². The maximum absolute atomic E-state index is 11.8. The Labute approximate surface area is 107 Å². The lowest BCUT2D eigenvalue weighted by molar-refractivity contribution is -0.143. The molecule has 0 bridgehead atoms. The van der Waals surface area contributed by atoms with E-state index < -0.39 is 18.6 Å². The second-order valence-corrected chi connectivity index (χ2v) is 5.08. The monoisotopic (exact) mass is 258 g/mol. The van der Waals surface area contributed by atoms with Crippen LogP contribution in [0.5, 0.6) is 0 Å². The van der Waals surface area contributed by atoms with Crippen LogP contribution in [0.4, 0.5) is 0 Å². The molecule has 6 nitrogen and oxygen atoms in total. The summed E-state index contributed by atoms with van der Waals surface area (Å²) in [4.78, 5) is 22.5. The van der Waals surface area contributed by atoms with Gasteiger partial charge in [-0.3, -0.25) is 4.79 Å². The minimum Gasteiger partial charge on any atom is -0.480 e. The molecule has 1 aliphatic carbocycles. The molecule has 0 aromatic heterocycles. The first-order valence-corrected chi connectivity index (χ1v) is 6.36. The summed E-state index contributed by atoms with van der Waals surface area (Å²) in [5, 5.41) is 19.9. The van der Waals surface area contributed by atoms with Crippen LogP contribution in [0.3, 0.4) is 0 Å². The Balaban J connectivity index is 2.54. The summed E-state index contributed by atoms with van der Waals surface area (Å²) in [6.07, 6.45) is 5.35. The fraction of sp³-hybridized carbons (Fsp3) is 0.833. The van der Waals surface area contributed by atoms with Crippen LogP contribution >= 0.6 is 0 Å². The molecule has 0 unspecified atom stereocenters. The molecule has 104 valence electrons. The van der Waals surface area contributed by atoms with Gasteiger partial charge < -0.3 is 21.3 Å². The Morgan fingerprint density at radius 2 is 1.89 bits per heavy atom. The molecule has 1 fully saturated rings. The van der Waals surface area contributed by atoms with Gasteiger partial charge in [-0.15, -0.1) is 0 Å². The van der Waals surface area contributed by atoms with Crippen LogP contribution in [0.2, 0.25) is 0 Å². The highest BCUT2D eigenvalue weighted by Gasteiger charge is 2.33. The predicted octanol–water partition coefficient (Wildman–Crippen LogP) is -0.153. The average Bonchev–Trinajstić information content (AvgIpc) is 2.36. The van der Waals surface area contributed by atoms with Crippen molar-refractivity contribution in [3.8, 4) is 0 Å². The number of amides is 1. The molecular weight excluding hydrogens is 236 g/mol. The lowest BCUT2D eigenvalue weighted by Gasteiger charge is -2.35. The van der Waals surface area contributed by atoms with Crippen molar-refractivity contribution in [2.45, 2.75) is 44.6 Å². The number of rotatable bonds is 6. The number of carbonyl (C=O) groups excluding carboxylic acids is 1. The quantitative estimate of drug-likeness (QED) is 0.529. The Bertz CT molecular complexity index is 300. The molecule has 0 aromatic rings. The van der Waals surface area contributed by atoms with Gasteiger partial charge in [0.05, 0.1) is 6.61 Å². The number of nitrogens with one attached hydrogen (secondary N) is 1. The van der Waals surface area contributed by atoms with Gasteiger partial charge in [0.25, 0.3) is 0 Å². The van der Waals surface area contributed by atoms with Gasteiger partial charge in [-0.2, -0.15) is 0 Å². The second kappa shape index (κ2) is 6.70. The van der Waals surface area contributed by atoms with Gasteiger partial charge in [0.15, 0.2) is 0 Å². The molecule has 0 aromatic carbocycles. The Hall–Kier alpha value is -1.14. The third kappa shape index (κ3) is 3.96. The van der Waals surface area contributed by atoms with Crippen molar-refractivity contribution in [1.82, 2.24) is 5.32 Å². The zero-order valence-corrected chi connectivity index (χ0v) is 10.5. The third-order valence-electron chi connectivity index (χ3n) is 3.70. The van der Waals surface area contributed by atoms with Crippen molar-refractivity contribution in [2.24, 2.45) is 11.1 Å². The largest absolute Gasteiger partial charge is 0.480 e. The van der Waals surface area contributed by atoms with Crippen LogP contribution in [0.15, 0.2) is 0 Å². The lowest BCUT2D eigenvalue weighted by Crippen LogP contribution is -2.46. The molecule has 1 amide bonds. The number of aliphatic hydroxyl groups is 1. The normalized spacial score (nSPS) is 20.1. The molecule has 1 atom stereocenters. The molecule has 0 radical (unpaired) electrons. The molecule has 6 heteroatoms. The van der Waals surface area contributed by atoms with E-state index in [0.717, 1.165) is 32.1 Å². The van der Waals surface area contributed by atoms with Gasteiger partial charge in [-0.25, -0.2) is 4.79 Å². The summed E-state index contributed by atoms with van der Waals surface area (Å²) in [6.45, 7) is -0.159. The molecule has 0 aliphatic heterocycles. The Kier molecular flexibility index (Phi) is 5.55. The van der Waals surface area contributed by atoms with E-state index in [2.05, 4.69) is 5.32 Å². The highest BCUT2D eigenvalue weighted by atomic mass is 16.4. The van der Waals surface area contributed by atoms with E-state index in [1.54, 1.807) is 0 Å². The van der Waals surface area contributed by atoms with E-state index in [1.807, 2.05) is 0 Å². The first-order valence-electron chi connectivity index (χ1n) is 6.36. The van der Waals surface area contributed by atoms with Gasteiger partial charge in [0.1, 0.15) is 6.04 Å². The minimum absolute atomic E-state index is 0.194.